The SMILES string of the molecule is CCCCN(CCCC)C1=C(c2ccc(N(CCCC)CCCC)cc2)C(OC)(c2ccc(N(CCCC)CCCC)cc2)C(N)C=C1. The molecular weight excluding hydrogens is 589 g/mol. The number of hydrogen-bond acceptors (Lipinski definition) is 5. The molecule has 0 aliphatic heterocycles. The minimum absolute atomic E-state index is 0.326. The van der Waals surface area contributed by atoms with Gasteiger partial charge in [0.1, 0.15) is 5.60 Å². The van der Waals surface area contributed by atoms with Crippen LogP contribution >= 0.6 is 0 Å². The van der Waals surface area contributed by atoms with E-state index in [-0.39, 0.29) is 6.04 Å². The fourth-order valence-electron chi connectivity index (χ4n) is 7.03. The highest BCUT2D eigenvalue weighted by Gasteiger charge is 2.46. The summed E-state index contributed by atoms with van der Waals surface area (Å²) < 4.78 is 6.76. The number of hydrogen-bond donors (Lipinski definition) is 1. The summed E-state index contributed by atoms with van der Waals surface area (Å²) in [6.07, 6.45) is 18.7. The van der Waals surface area contributed by atoms with Crippen molar-refractivity contribution >= 4 is 16.9 Å². The van der Waals surface area contributed by atoms with Gasteiger partial charge in [0, 0.05) is 69.0 Å². The molecule has 2 atom stereocenters. The summed E-state index contributed by atoms with van der Waals surface area (Å²) in [4.78, 5) is 7.73. The minimum Gasteiger partial charge on any atom is -0.372 e. The Kier molecular flexibility index (Phi) is 17.6. The van der Waals surface area contributed by atoms with Gasteiger partial charge in [0.15, 0.2) is 0 Å². The normalized spacial score (nSPS) is 17.6. The lowest BCUT2D eigenvalue weighted by molar-refractivity contribution is 0.0249. The smallest absolute Gasteiger partial charge is 0.139 e. The second kappa shape index (κ2) is 21.4. The Labute approximate surface area is 295 Å². The summed E-state index contributed by atoms with van der Waals surface area (Å²) in [5.74, 6) is 0. The van der Waals surface area contributed by atoms with Crippen molar-refractivity contribution in [2.45, 2.75) is 130 Å². The molecule has 2 aromatic carbocycles. The quantitative estimate of drug-likeness (QED) is 0.122. The standard InChI is InChI=1S/C43H70N4O/c1-8-14-30-45(31-15-9-2)38-24-20-36(21-25-38)42-40(47(34-18-12-5)35-19-13-6)28-29-41(44)43(42,48-7)37-22-26-39(27-23-37)46(32-16-10-3)33-17-11-4/h20-29,41H,8-19,30-35,44H2,1-7H3. The maximum absolute atomic E-state index is 7.18. The molecule has 0 bridgehead atoms. The van der Waals surface area contributed by atoms with Gasteiger partial charge in [-0.15, -0.1) is 0 Å². The lowest BCUT2D eigenvalue weighted by Gasteiger charge is -2.45. The molecule has 0 saturated heterocycles. The number of unbranched alkanes of at least 4 members (excludes halogenated alkanes) is 6. The number of anilines is 2. The zero-order valence-corrected chi connectivity index (χ0v) is 31.9. The number of methoxy groups -OCH3 is 1. The van der Waals surface area contributed by atoms with Gasteiger partial charge in [-0.1, -0.05) is 110 Å². The fraction of sp³-hybridized carbons (Fsp3) is 0.628. The van der Waals surface area contributed by atoms with E-state index in [1.165, 1.54) is 79.6 Å². The van der Waals surface area contributed by atoms with E-state index in [9.17, 15) is 0 Å². The van der Waals surface area contributed by atoms with Crippen LogP contribution in [0.1, 0.15) is 130 Å². The molecule has 268 valence electrons. The zero-order chi connectivity index (χ0) is 34.8. The van der Waals surface area contributed by atoms with E-state index in [0.29, 0.717) is 0 Å². The van der Waals surface area contributed by atoms with Gasteiger partial charge in [0.2, 0.25) is 0 Å². The Morgan fingerprint density at radius 2 is 0.938 bits per heavy atom. The van der Waals surface area contributed by atoms with Crippen molar-refractivity contribution in [3.05, 3.63) is 77.5 Å². The van der Waals surface area contributed by atoms with Gasteiger partial charge in [0.25, 0.3) is 0 Å². The van der Waals surface area contributed by atoms with Crippen LogP contribution in [0.15, 0.2) is 66.4 Å². The van der Waals surface area contributed by atoms with Gasteiger partial charge >= 0.3 is 0 Å². The van der Waals surface area contributed by atoms with Crippen molar-refractivity contribution in [2.24, 2.45) is 5.73 Å². The molecule has 0 fully saturated rings. The molecule has 0 heterocycles. The Morgan fingerprint density at radius 3 is 1.31 bits per heavy atom. The maximum atomic E-state index is 7.18. The van der Waals surface area contributed by atoms with E-state index in [1.807, 2.05) is 7.11 Å². The second-order valence-electron chi connectivity index (χ2n) is 13.8. The van der Waals surface area contributed by atoms with Gasteiger partial charge in [-0.2, -0.15) is 0 Å². The van der Waals surface area contributed by atoms with Crippen LogP contribution in [0.3, 0.4) is 0 Å². The summed E-state index contributed by atoms with van der Waals surface area (Å²) in [7, 11) is 1.85. The molecule has 2 unspecified atom stereocenters. The summed E-state index contributed by atoms with van der Waals surface area (Å²) in [5.41, 5.74) is 13.7. The van der Waals surface area contributed by atoms with Gasteiger partial charge < -0.3 is 25.2 Å². The van der Waals surface area contributed by atoms with Crippen molar-refractivity contribution < 1.29 is 4.74 Å². The largest absolute Gasteiger partial charge is 0.372 e. The Hall–Kier alpha value is -2.76. The van der Waals surface area contributed by atoms with E-state index in [1.54, 1.807) is 0 Å². The number of nitrogens with two attached hydrogens (primary N) is 1. The number of allylic oxidation sites excluding steroid dienone is 1. The van der Waals surface area contributed by atoms with Gasteiger partial charge in [0.05, 0.1) is 6.04 Å². The van der Waals surface area contributed by atoms with E-state index in [4.69, 9.17) is 10.5 Å². The van der Waals surface area contributed by atoms with Crippen LogP contribution in [0.2, 0.25) is 0 Å². The minimum atomic E-state index is -0.817. The lowest BCUT2D eigenvalue weighted by Crippen LogP contribution is -2.50. The van der Waals surface area contributed by atoms with Crippen LogP contribution in [0.25, 0.3) is 5.57 Å². The molecule has 5 nitrogen and oxygen atoms in total. The summed E-state index contributed by atoms with van der Waals surface area (Å²) >= 11 is 0. The Bertz CT molecular complexity index is 1200. The van der Waals surface area contributed by atoms with Gasteiger partial charge in [-0.25, -0.2) is 0 Å². The first-order valence-corrected chi connectivity index (χ1v) is 19.6. The summed E-state index contributed by atoms with van der Waals surface area (Å²) in [5, 5.41) is 0. The van der Waals surface area contributed by atoms with Crippen molar-refractivity contribution in [3.8, 4) is 0 Å². The van der Waals surface area contributed by atoms with Gasteiger partial charge in [-0.3, -0.25) is 0 Å². The predicted molar refractivity (Wildman–Crippen MR) is 211 cm³/mol. The highest BCUT2D eigenvalue weighted by molar-refractivity contribution is 5.81. The third-order valence-electron chi connectivity index (χ3n) is 10.1. The van der Waals surface area contributed by atoms with E-state index < -0.39 is 5.60 Å². The highest BCUT2D eigenvalue weighted by atomic mass is 16.5. The molecule has 5 heteroatoms. The fourth-order valence-corrected chi connectivity index (χ4v) is 7.03. The van der Waals surface area contributed by atoms with Crippen molar-refractivity contribution in [2.75, 3.05) is 56.2 Å². The second-order valence-corrected chi connectivity index (χ2v) is 13.8. The van der Waals surface area contributed by atoms with E-state index in [0.717, 1.165) is 70.5 Å². The van der Waals surface area contributed by atoms with Gasteiger partial charge in [-0.05, 0) is 80.0 Å². The molecule has 2 aromatic rings. The molecule has 1 aliphatic rings. The third-order valence-corrected chi connectivity index (χ3v) is 10.1. The molecule has 48 heavy (non-hydrogen) atoms. The molecule has 2 N–H and O–H groups in total. The van der Waals surface area contributed by atoms with Crippen molar-refractivity contribution in [1.82, 2.24) is 4.90 Å². The van der Waals surface area contributed by atoms with Crippen LogP contribution < -0.4 is 15.5 Å². The first-order chi connectivity index (χ1) is 23.4. The molecule has 3 rings (SSSR count). The van der Waals surface area contributed by atoms with Crippen LogP contribution in [-0.2, 0) is 10.3 Å². The van der Waals surface area contributed by atoms with Crippen LogP contribution in [0.5, 0.6) is 0 Å². The van der Waals surface area contributed by atoms with Crippen molar-refractivity contribution in [1.29, 1.82) is 0 Å². The number of ether oxygens (including phenoxy) is 1. The molecule has 0 amide bonds. The first-order valence-electron chi connectivity index (χ1n) is 19.6. The molecule has 0 aromatic heterocycles. The van der Waals surface area contributed by atoms with E-state index >= 15 is 0 Å². The zero-order valence-electron chi connectivity index (χ0n) is 31.9. The van der Waals surface area contributed by atoms with Crippen LogP contribution in [0.4, 0.5) is 11.4 Å². The molecule has 0 radical (unpaired) electrons. The molecular formula is C43H70N4O. The Morgan fingerprint density at radius 1 is 0.562 bits per heavy atom. The number of nitrogens with zero attached hydrogens (tertiary/aromatic N) is 3. The predicted octanol–water partition coefficient (Wildman–Crippen LogP) is 10.6. The topological polar surface area (TPSA) is 45.0 Å². The van der Waals surface area contributed by atoms with E-state index in [2.05, 4.69) is 117 Å². The molecule has 1 aliphatic carbocycles. The summed E-state index contributed by atoms with van der Waals surface area (Å²) in [6.45, 7) is 20.1. The van der Waals surface area contributed by atoms with Crippen molar-refractivity contribution in [3.63, 3.8) is 0 Å². The lowest BCUT2D eigenvalue weighted by atomic mass is 9.73. The maximum Gasteiger partial charge on any atom is 0.139 e. The average Bonchev–Trinajstić information content (AvgIpc) is 3.12. The first kappa shape index (κ1) is 39.7. The number of rotatable bonds is 24. The third kappa shape index (κ3) is 10.1. The van der Waals surface area contributed by atoms with Crippen LogP contribution in [-0.4, -0.2) is 57.3 Å². The highest BCUT2D eigenvalue weighted by Crippen LogP contribution is 2.48. The molecule has 0 saturated carbocycles. The summed E-state index contributed by atoms with van der Waals surface area (Å²) in [6, 6.07) is 18.2. The monoisotopic (exact) mass is 659 g/mol. The number of benzene rings is 2. The average molecular weight is 659 g/mol. The molecule has 0 spiro atoms. The van der Waals surface area contributed by atoms with Crippen LogP contribution in [0, 0.1) is 0 Å². The Balaban J connectivity index is 2.20.